The number of hydrogen-bond acceptors (Lipinski definition) is 4. The van der Waals surface area contributed by atoms with E-state index < -0.39 is 0 Å². The number of aryl methyl sites for hydroxylation is 1. The largest absolute Gasteiger partial charge is 0.469 e. The fourth-order valence-corrected chi connectivity index (χ4v) is 1.87. The van der Waals surface area contributed by atoms with Gasteiger partial charge < -0.3 is 8.94 Å². The monoisotopic (exact) mass is 258 g/mol. The zero-order valence-electron chi connectivity index (χ0n) is 10.3. The highest BCUT2D eigenvalue weighted by Gasteiger charge is 2.13. The molecule has 0 aliphatic carbocycles. The Morgan fingerprint density at radius 3 is 2.89 bits per heavy atom. The van der Waals surface area contributed by atoms with Crippen molar-refractivity contribution in [1.82, 2.24) is 10.1 Å². The van der Waals surface area contributed by atoms with Crippen LogP contribution in [0.1, 0.15) is 17.1 Å². The summed E-state index contributed by atoms with van der Waals surface area (Å²) in [7, 11) is 0. The lowest BCUT2D eigenvalue weighted by Gasteiger charge is -1.95. The molecule has 4 nitrogen and oxygen atoms in total. The van der Waals surface area contributed by atoms with Crippen molar-refractivity contribution in [3.8, 4) is 11.5 Å². The second-order valence-electron chi connectivity index (χ2n) is 4.21. The van der Waals surface area contributed by atoms with Crippen molar-refractivity contribution < 1.29 is 13.3 Å². The van der Waals surface area contributed by atoms with Gasteiger partial charge in [-0.1, -0.05) is 17.3 Å². The fourth-order valence-electron chi connectivity index (χ4n) is 1.87. The van der Waals surface area contributed by atoms with Gasteiger partial charge in [0, 0.05) is 6.42 Å². The van der Waals surface area contributed by atoms with E-state index in [4.69, 9.17) is 8.94 Å². The predicted molar refractivity (Wildman–Crippen MR) is 65.9 cm³/mol. The minimum absolute atomic E-state index is 0.271. The third-order valence-electron chi connectivity index (χ3n) is 2.81. The van der Waals surface area contributed by atoms with Crippen LogP contribution in [0, 0.1) is 12.7 Å². The maximum atomic E-state index is 13.1. The fraction of sp³-hybridized carbons (Fsp3) is 0.143. The number of halogens is 1. The minimum atomic E-state index is -0.271. The summed E-state index contributed by atoms with van der Waals surface area (Å²) in [4.78, 5) is 4.28. The number of rotatable bonds is 3. The molecule has 0 radical (unpaired) electrons. The molecule has 3 rings (SSSR count). The zero-order chi connectivity index (χ0) is 13.2. The smallest absolute Gasteiger partial charge is 0.261 e. The third kappa shape index (κ3) is 2.40. The molecule has 19 heavy (non-hydrogen) atoms. The predicted octanol–water partition coefficient (Wildman–Crippen LogP) is 3.37. The standard InChI is InChI=1S/C14H11FN2O2/c1-9-12(5-6-18-9)14-16-13(17-19-14)8-10-3-2-4-11(15)7-10/h2-7H,8H2,1H3. The highest BCUT2D eigenvalue weighted by Crippen LogP contribution is 2.22. The number of benzene rings is 1. The second-order valence-corrected chi connectivity index (χ2v) is 4.21. The highest BCUT2D eigenvalue weighted by atomic mass is 19.1. The van der Waals surface area contributed by atoms with E-state index in [0.29, 0.717) is 18.1 Å². The Balaban J connectivity index is 1.84. The van der Waals surface area contributed by atoms with Gasteiger partial charge in [-0.2, -0.15) is 4.98 Å². The molecule has 0 N–H and O–H groups in total. The lowest BCUT2D eigenvalue weighted by Crippen LogP contribution is -1.91. The van der Waals surface area contributed by atoms with Gasteiger partial charge in [0.2, 0.25) is 0 Å². The maximum absolute atomic E-state index is 13.1. The molecular formula is C14H11FN2O2. The van der Waals surface area contributed by atoms with E-state index in [1.807, 2.05) is 13.0 Å². The molecule has 0 unspecified atom stereocenters. The molecule has 3 aromatic rings. The Labute approximate surface area is 108 Å². The summed E-state index contributed by atoms with van der Waals surface area (Å²) in [5.74, 6) is 1.38. The van der Waals surface area contributed by atoms with Gasteiger partial charge in [-0.05, 0) is 30.7 Å². The van der Waals surface area contributed by atoms with Crippen LogP contribution in [-0.2, 0) is 6.42 Å². The summed E-state index contributed by atoms with van der Waals surface area (Å²) in [5, 5.41) is 3.89. The van der Waals surface area contributed by atoms with E-state index in [0.717, 1.165) is 16.9 Å². The summed E-state index contributed by atoms with van der Waals surface area (Å²) in [5.41, 5.74) is 1.58. The van der Waals surface area contributed by atoms with E-state index in [1.54, 1.807) is 18.4 Å². The average molecular weight is 258 g/mol. The van der Waals surface area contributed by atoms with Gasteiger partial charge in [0.25, 0.3) is 5.89 Å². The third-order valence-corrected chi connectivity index (χ3v) is 2.81. The Morgan fingerprint density at radius 1 is 1.26 bits per heavy atom. The number of furan rings is 1. The van der Waals surface area contributed by atoms with Crippen LogP contribution in [0.15, 0.2) is 45.5 Å². The van der Waals surface area contributed by atoms with Crippen LogP contribution in [0.25, 0.3) is 11.5 Å². The number of hydrogen-bond donors (Lipinski definition) is 0. The maximum Gasteiger partial charge on any atom is 0.261 e. The molecule has 1 aromatic carbocycles. The first-order chi connectivity index (χ1) is 9.22. The number of nitrogens with zero attached hydrogens (tertiary/aromatic N) is 2. The van der Waals surface area contributed by atoms with Gasteiger partial charge in [0.05, 0.1) is 11.8 Å². The van der Waals surface area contributed by atoms with Crippen molar-refractivity contribution in [2.45, 2.75) is 13.3 Å². The molecule has 0 aliphatic rings. The SMILES string of the molecule is Cc1occc1-c1nc(Cc2cccc(F)c2)no1. The second kappa shape index (κ2) is 4.68. The van der Waals surface area contributed by atoms with E-state index in [-0.39, 0.29) is 5.82 Å². The van der Waals surface area contributed by atoms with Crippen LogP contribution >= 0.6 is 0 Å². The van der Waals surface area contributed by atoms with E-state index in [1.165, 1.54) is 12.1 Å². The van der Waals surface area contributed by atoms with Crippen LogP contribution in [0.5, 0.6) is 0 Å². The molecule has 0 fully saturated rings. The first-order valence-electron chi connectivity index (χ1n) is 5.84. The summed E-state index contributed by atoms with van der Waals surface area (Å²) in [6.45, 7) is 1.83. The van der Waals surface area contributed by atoms with Crippen molar-refractivity contribution in [3.05, 3.63) is 59.6 Å². The van der Waals surface area contributed by atoms with Crippen molar-refractivity contribution in [2.24, 2.45) is 0 Å². The first-order valence-corrected chi connectivity index (χ1v) is 5.84. The van der Waals surface area contributed by atoms with Crippen LogP contribution in [0.3, 0.4) is 0 Å². The molecule has 0 bridgehead atoms. The molecule has 5 heteroatoms. The molecule has 0 saturated heterocycles. The van der Waals surface area contributed by atoms with E-state index in [2.05, 4.69) is 10.1 Å². The molecule has 0 saturated carbocycles. The summed E-state index contributed by atoms with van der Waals surface area (Å²) in [6.07, 6.45) is 2.00. The van der Waals surface area contributed by atoms with Crippen LogP contribution in [0.4, 0.5) is 4.39 Å². The van der Waals surface area contributed by atoms with Crippen molar-refractivity contribution in [1.29, 1.82) is 0 Å². The molecular weight excluding hydrogens is 247 g/mol. The molecule has 2 heterocycles. The Morgan fingerprint density at radius 2 is 2.16 bits per heavy atom. The number of aromatic nitrogens is 2. The topological polar surface area (TPSA) is 52.1 Å². The van der Waals surface area contributed by atoms with Gasteiger partial charge in [0.15, 0.2) is 5.82 Å². The van der Waals surface area contributed by atoms with Gasteiger partial charge in [0.1, 0.15) is 11.6 Å². The normalized spacial score (nSPS) is 10.8. The van der Waals surface area contributed by atoms with Crippen molar-refractivity contribution in [3.63, 3.8) is 0 Å². The lowest BCUT2D eigenvalue weighted by atomic mass is 10.1. The Kier molecular flexibility index (Phi) is 2.87. The molecule has 0 aliphatic heterocycles. The molecule has 0 spiro atoms. The van der Waals surface area contributed by atoms with Gasteiger partial charge in [-0.3, -0.25) is 0 Å². The lowest BCUT2D eigenvalue weighted by molar-refractivity contribution is 0.422. The zero-order valence-corrected chi connectivity index (χ0v) is 10.3. The van der Waals surface area contributed by atoms with Crippen LogP contribution in [-0.4, -0.2) is 10.1 Å². The summed E-state index contributed by atoms with van der Waals surface area (Å²) in [6, 6.07) is 8.11. The van der Waals surface area contributed by atoms with Gasteiger partial charge in [-0.15, -0.1) is 0 Å². The molecule has 2 aromatic heterocycles. The Bertz CT molecular complexity index is 703. The quantitative estimate of drug-likeness (QED) is 0.722. The molecule has 0 atom stereocenters. The summed E-state index contributed by atoms with van der Waals surface area (Å²) >= 11 is 0. The first kappa shape index (κ1) is 11.6. The summed E-state index contributed by atoms with van der Waals surface area (Å²) < 4.78 is 23.4. The molecule has 96 valence electrons. The van der Waals surface area contributed by atoms with Crippen LogP contribution in [0.2, 0.25) is 0 Å². The van der Waals surface area contributed by atoms with E-state index in [9.17, 15) is 4.39 Å². The molecule has 0 amide bonds. The van der Waals surface area contributed by atoms with Crippen molar-refractivity contribution >= 4 is 0 Å². The minimum Gasteiger partial charge on any atom is -0.469 e. The van der Waals surface area contributed by atoms with E-state index >= 15 is 0 Å². The van der Waals surface area contributed by atoms with Crippen molar-refractivity contribution in [2.75, 3.05) is 0 Å². The Hall–Kier alpha value is -2.43. The highest BCUT2D eigenvalue weighted by molar-refractivity contribution is 5.54. The van der Waals surface area contributed by atoms with Gasteiger partial charge in [-0.25, -0.2) is 4.39 Å². The van der Waals surface area contributed by atoms with Crippen LogP contribution < -0.4 is 0 Å². The average Bonchev–Trinajstić information content (AvgIpc) is 2.98. The van der Waals surface area contributed by atoms with Gasteiger partial charge >= 0.3 is 0 Å².